The third kappa shape index (κ3) is 1.68. The van der Waals surface area contributed by atoms with Gasteiger partial charge in [-0.1, -0.05) is 32.1 Å². The maximum atomic E-state index is 2.55. The summed E-state index contributed by atoms with van der Waals surface area (Å²) >= 11 is 0. The number of nitrogens with zero attached hydrogens (tertiary/aromatic N) is 1. The first-order valence-corrected chi connectivity index (χ1v) is 5.83. The van der Waals surface area contributed by atoms with Crippen LogP contribution in [0.5, 0.6) is 0 Å². The molecule has 2 rings (SSSR count). The molecule has 0 spiro atoms. The van der Waals surface area contributed by atoms with Gasteiger partial charge in [0.2, 0.25) is 0 Å². The summed E-state index contributed by atoms with van der Waals surface area (Å²) in [6.45, 7) is 5.80. The van der Waals surface area contributed by atoms with Crippen LogP contribution in [0, 0.1) is 5.92 Å². The monoisotopic (exact) mass is 190 g/mol. The van der Waals surface area contributed by atoms with Crippen molar-refractivity contribution in [2.75, 3.05) is 6.54 Å². The van der Waals surface area contributed by atoms with Gasteiger partial charge in [-0.05, 0) is 5.57 Å². The Kier molecular flexibility index (Phi) is 2.85. The normalized spacial score (nSPS) is 24.9. The van der Waals surface area contributed by atoms with Gasteiger partial charge in [-0.15, -0.1) is 0 Å². The van der Waals surface area contributed by atoms with Gasteiger partial charge < -0.3 is 0 Å². The lowest BCUT2D eigenvalue weighted by atomic mass is 9.96. The van der Waals surface area contributed by atoms with Crippen LogP contribution >= 0.6 is 0 Å². The quantitative estimate of drug-likeness (QED) is 0.602. The molecule has 0 aromatic rings. The molecule has 0 aromatic heterocycles. The van der Waals surface area contributed by atoms with Gasteiger partial charge in [0.05, 0.1) is 5.92 Å². The highest BCUT2D eigenvalue weighted by Gasteiger charge is 2.27. The SMILES string of the molecule is CCC(CC)[N+]1=C[C@@H]2C=CC=C2CC1. The molecule has 0 radical (unpaired) electrons. The highest BCUT2D eigenvalue weighted by Crippen LogP contribution is 2.24. The zero-order valence-corrected chi connectivity index (χ0v) is 9.24. The van der Waals surface area contributed by atoms with Crippen LogP contribution in [0.3, 0.4) is 0 Å². The van der Waals surface area contributed by atoms with E-state index in [0.29, 0.717) is 5.92 Å². The van der Waals surface area contributed by atoms with Gasteiger partial charge in [-0.25, -0.2) is 4.58 Å². The third-order valence-corrected chi connectivity index (χ3v) is 3.48. The fourth-order valence-electron chi connectivity index (χ4n) is 2.53. The van der Waals surface area contributed by atoms with Crippen molar-refractivity contribution >= 4 is 6.21 Å². The van der Waals surface area contributed by atoms with Gasteiger partial charge in [-0.2, -0.15) is 0 Å². The highest BCUT2D eigenvalue weighted by molar-refractivity contribution is 5.66. The average Bonchev–Trinajstić information content (AvgIpc) is 2.66. The zero-order valence-electron chi connectivity index (χ0n) is 9.24. The molecule has 1 atom stereocenters. The number of hydrogen-bond acceptors (Lipinski definition) is 0. The first-order chi connectivity index (χ1) is 6.85. The average molecular weight is 190 g/mol. The molecule has 0 unspecified atom stereocenters. The largest absolute Gasteiger partial charge is 0.236 e. The second-order valence-corrected chi connectivity index (χ2v) is 4.26. The molecule has 1 nitrogen and oxygen atoms in total. The summed E-state index contributed by atoms with van der Waals surface area (Å²) in [6.07, 6.45) is 13.0. The van der Waals surface area contributed by atoms with Crippen molar-refractivity contribution in [2.24, 2.45) is 5.92 Å². The Morgan fingerprint density at radius 2 is 2.21 bits per heavy atom. The molecule has 0 saturated carbocycles. The van der Waals surface area contributed by atoms with E-state index in [1.165, 1.54) is 25.8 Å². The van der Waals surface area contributed by atoms with Crippen LogP contribution in [0.25, 0.3) is 0 Å². The van der Waals surface area contributed by atoms with Crippen molar-refractivity contribution in [3.63, 3.8) is 0 Å². The van der Waals surface area contributed by atoms with Crippen molar-refractivity contribution in [3.8, 4) is 0 Å². The van der Waals surface area contributed by atoms with Crippen LogP contribution in [-0.4, -0.2) is 23.4 Å². The van der Waals surface area contributed by atoms with Crippen LogP contribution in [0.15, 0.2) is 23.8 Å². The summed E-state index contributed by atoms with van der Waals surface area (Å²) in [5.74, 6) is 0.615. The Bertz CT molecular complexity index is 292. The first-order valence-electron chi connectivity index (χ1n) is 5.83. The lowest BCUT2D eigenvalue weighted by molar-refractivity contribution is -0.566. The summed E-state index contributed by atoms with van der Waals surface area (Å²) in [5.41, 5.74) is 1.60. The van der Waals surface area contributed by atoms with Gasteiger partial charge in [0.1, 0.15) is 6.54 Å². The minimum absolute atomic E-state index is 0.615. The molecule has 1 heterocycles. The molecule has 0 amide bonds. The predicted molar refractivity (Wildman–Crippen MR) is 60.9 cm³/mol. The van der Waals surface area contributed by atoms with E-state index in [1.54, 1.807) is 5.57 Å². The highest BCUT2D eigenvalue weighted by atomic mass is 15.0. The Balaban J connectivity index is 2.14. The van der Waals surface area contributed by atoms with Crippen LogP contribution in [0.4, 0.5) is 0 Å². The predicted octanol–water partition coefficient (Wildman–Crippen LogP) is 2.77. The molecule has 1 aliphatic carbocycles. The minimum Gasteiger partial charge on any atom is -0.236 e. The molecule has 2 aliphatic rings. The Morgan fingerprint density at radius 3 is 2.93 bits per heavy atom. The zero-order chi connectivity index (χ0) is 9.97. The number of allylic oxidation sites excluding steroid dienone is 3. The number of fused-ring (bicyclic) bond motifs is 1. The standard InChI is InChI=1S/C13H20N/c1-3-13(4-2)14-9-8-11-6-5-7-12(11)10-14/h5-7,10,12-13H,3-4,8-9H2,1-2H3/q+1/t12-/m0/s1. The Morgan fingerprint density at radius 1 is 1.43 bits per heavy atom. The second-order valence-electron chi connectivity index (χ2n) is 4.26. The van der Waals surface area contributed by atoms with E-state index in [4.69, 9.17) is 0 Å². The molecule has 0 saturated heterocycles. The Labute approximate surface area is 86.8 Å². The van der Waals surface area contributed by atoms with Gasteiger partial charge >= 0.3 is 0 Å². The van der Waals surface area contributed by atoms with E-state index in [9.17, 15) is 0 Å². The fraction of sp³-hybridized carbons (Fsp3) is 0.615. The van der Waals surface area contributed by atoms with Crippen molar-refractivity contribution in [3.05, 3.63) is 23.8 Å². The molecular weight excluding hydrogens is 170 g/mol. The number of hydrogen-bond donors (Lipinski definition) is 0. The van der Waals surface area contributed by atoms with E-state index >= 15 is 0 Å². The molecule has 1 heteroatoms. The molecule has 0 N–H and O–H groups in total. The van der Waals surface area contributed by atoms with Crippen molar-refractivity contribution in [2.45, 2.75) is 39.2 Å². The topological polar surface area (TPSA) is 3.01 Å². The lowest BCUT2D eigenvalue weighted by Gasteiger charge is -2.20. The number of rotatable bonds is 3. The van der Waals surface area contributed by atoms with Crippen LogP contribution in [0.1, 0.15) is 33.1 Å². The fourth-order valence-corrected chi connectivity index (χ4v) is 2.53. The molecular formula is C13H20N+. The van der Waals surface area contributed by atoms with E-state index in [1.807, 2.05) is 0 Å². The van der Waals surface area contributed by atoms with Crippen molar-refractivity contribution in [1.29, 1.82) is 0 Å². The molecule has 1 aliphatic heterocycles. The summed E-state index contributed by atoms with van der Waals surface area (Å²) in [7, 11) is 0. The second kappa shape index (κ2) is 4.12. The molecule has 0 fully saturated rings. The summed E-state index contributed by atoms with van der Waals surface area (Å²) in [4.78, 5) is 0. The van der Waals surface area contributed by atoms with Gasteiger partial charge in [0, 0.05) is 19.3 Å². The molecule has 76 valence electrons. The van der Waals surface area contributed by atoms with E-state index < -0.39 is 0 Å². The summed E-state index contributed by atoms with van der Waals surface area (Å²) in [6, 6.07) is 0.755. The molecule has 14 heavy (non-hydrogen) atoms. The maximum Gasteiger partial charge on any atom is 0.151 e. The van der Waals surface area contributed by atoms with Crippen LogP contribution in [0.2, 0.25) is 0 Å². The van der Waals surface area contributed by atoms with Crippen molar-refractivity contribution in [1.82, 2.24) is 0 Å². The van der Waals surface area contributed by atoms with E-state index in [-0.39, 0.29) is 0 Å². The summed E-state index contributed by atoms with van der Waals surface area (Å²) in [5, 5.41) is 0. The van der Waals surface area contributed by atoms with Crippen molar-refractivity contribution < 1.29 is 4.58 Å². The molecule has 0 aromatic carbocycles. The minimum atomic E-state index is 0.615. The van der Waals surface area contributed by atoms with E-state index in [2.05, 4.69) is 42.9 Å². The van der Waals surface area contributed by atoms with E-state index in [0.717, 1.165) is 6.04 Å². The smallest absolute Gasteiger partial charge is 0.151 e. The third-order valence-electron chi connectivity index (χ3n) is 3.48. The van der Waals surface area contributed by atoms with Gasteiger partial charge in [-0.3, -0.25) is 0 Å². The lowest BCUT2D eigenvalue weighted by Crippen LogP contribution is -2.32. The van der Waals surface area contributed by atoms with Gasteiger partial charge in [0.15, 0.2) is 12.3 Å². The van der Waals surface area contributed by atoms with Crippen LogP contribution in [-0.2, 0) is 0 Å². The maximum absolute atomic E-state index is 2.55. The van der Waals surface area contributed by atoms with Crippen LogP contribution < -0.4 is 0 Å². The van der Waals surface area contributed by atoms with Gasteiger partial charge in [0.25, 0.3) is 0 Å². The first kappa shape index (κ1) is 9.70. The summed E-state index contributed by atoms with van der Waals surface area (Å²) < 4.78 is 2.55. The Hall–Kier alpha value is -0.850. The molecule has 0 bridgehead atoms.